The molecule has 0 spiro atoms. The van der Waals surface area contributed by atoms with Crippen LogP contribution in [0.25, 0.3) is 21.5 Å². The first-order chi connectivity index (χ1) is 8.15. The van der Waals surface area contributed by atoms with Crippen molar-refractivity contribution in [2.24, 2.45) is 0 Å². The quantitative estimate of drug-likeness (QED) is 0.503. The first-order valence-corrected chi connectivity index (χ1v) is 5.12. The highest BCUT2D eigenvalue weighted by atomic mass is 19.2. The van der Waals surface area contributed by atoms with Gasteiger partial charge in [-0.05, 0) is 45.8 Å². The Kier molecular flexibility index (Phi) is 2.08. The Morgan fingerprint density at radius 3 is 2.00 bits per heavy atom. The van der Waals surface area contributed by atoms with Crippen LogP contribution in [0.2, 0.25) is 0 Å². The van der Waals surface area contributed by atoms with Crippen molar-refractivity contribution in [3.8, 4) is 0 Å². The number of rotatable bonds is 0. The zero-order valence-corrected chi connectivity index (χ0v) is 8.68. The zero-order valence-electron chi connectivity index (χ0n) is 8.68. The van der Waals surface area contributed by atoms with Crippen molar-refractivity contribution in [2.45, 2.75) is 0 Å². The molecule has 0 fully saturated rings. The van der Waals surface area contributed by atoms with E-state index in [4.69, 9.17) is 0 Å². The lowest BCUT2D eigenvalue weighted by Gasteiger charge is -2.04. The van der Waals surface area contributed by atoms with E-state index in [1.54, 1.807) is 18.2 Å². The molecule has 3 heteroatoms. The molecule has 0 saturated heterocycles. The monoisotopic (exact) mass is 232 g/mol. The molecule has 17 heavy (non-hydrogen) atoms. The van der Waals surface area contributed by atoms with Gasteiger partial charge in [-0.1, -0.05) is 18.2 Å². The van der Waals surface area contributed by atoms with Crippen molar-refractivity contribution in [3.63, 3.8) is 0 Å². The van der Waals surface area contributed by atoms with E-state index in [-0.39, 0.29) is 5.82 Å². The van der Waals surface area contributed by atoms with Crippen LogP contribution in [-0.2, 0) is 0 Å². The van der Waals surface area contributed by atoms with Crippen LogP contribution in [0.3, 0.4) is 0 Å². The summed E-state index contributed by atoms with van der Waals surface area (Å²) in [7, 11) is 0. The van der Waals surface area contributed by atoms with Crippen molar-refractivity contribution in [1.29, 1.82) is 0 Å². The van der Waals surface area contributed by atoms with Gasteiger partial charge in [-0.15, -0.1) is 0 Å². The molecule has 0 aliphatic rings. The number of halogens is 3. The molecule has 0 N–H and O–H groups in total. The summed E-state index contributed by atoms with van der Waals surface area (Å²) in [4.78, 5) is 0. The summed E-state index contributed by atoms with van der Waals surface area (Å²) >= 11 is 0. The summed E-state index contributed by atoms with van der Waals surface area (Å²) < 4.78 is 39.3. The van der Waals surface area contributed by atoms with Crippen LogP contribution in [0, 0.1) is 17.5 Å². The minimum Gasteiger partial charge on any atom is -0.207 e. The number of fused-ring (bicyclic) bond motifs is 3. The van der Waals surface area contributed by atoms with E-state index in [9.17, 15) is 13.2 Å². The summed E-state index contributed by atoms with van der Waals surface area (Å²) in [6, 6.07) is 9.89. The average Bonchev–Trinajstić information content (AvgIpc) is 2.30. The van der Waals surface area contributed by atoms with E-state index in [1.165, 1.54) is 12.1 Å². The Labute approximate surface area is 95.3 Å². The molecule has 0 heterocycles. The van der Waals surface area contributed by atoms with Crippen LogP contribution >= 0.6 is 0 Å². The summed E-state index contributed by atoms with van der Waals surface area (Å²) in [5, 5.41) is 2.57. The molecule has 3 rings (SSSR count). The zero-order chi connectivity index (χ0) is 12.0. The molecule has 0 unspecified atom stereocenters. The fourth-order valence-corrected chi connectivity index (χ4v) is 2.03. The topological polar surface area (TPSA) is 0 Å². The second kappa shape index (κ2) is 3.48. The highest BCUT2D eigenvalue weighted by Gasteiger charge is 2.07. The van der Waals surface area contributed by atoms with Gasteiger partial charge in [0.25, 0.3) is 0 Å². The molecule has 0 radical (unpaired) electrons. The Balaban J connectivity index is 2.50. The lowest BCUT2D eigenvalue weighted by Crippen LogP contribution is -1.86. The third kappa shape index (κ3) is 1.55. The van der Waals surface area contributed by atoms with Crippen LogP contribution in [-0.4, -0.2) is 0 Å². The average molecular weight is 232 g/mol. The van der Waals surface area contributed by atoms with Crippen LogP contribution in [0.15, 0.2) is 42.5 Å². The van der Waals surface area contributed by atoms with E-state index in [1.807, 2.05) is 0 Å². The molecule has 3 aromatic rings. The van der Waals surface area contributed by atoms with E-state index in [2.05, 4.69) is 0 Å². The predicted octanol–water partition coefficient (Wildman–Crippen LogP) is 4.41. The molecule has 0 aliphatic carbocycles. The largest absolute Gasteiger partial charge is 0.207 e. The lowest BCUT2D eigenvalue weighted by molar-refractivity contribution is 0.511. The van der Waals surface area contributed by atoms with Crippen molar-refractivity contribution in [2.75, 3.05) is 0 Å². The van der Waals surface area contributed by atoms with Gasteiger partial charge in [0, 0.05) is 0 Å². The summed E-state index contributed by atoms with van der Waals surface area (Å²) in [6.45, 7) is 0. The van der Waals surface area contributed by atoms with Gasteiger partial charge in [-0.2, -0.15) is 0 Å². The smallest absolute Gasteiger partial charge is 0.159 e. The van der Waals surface area contributed by atoms with E-state index < -0.39 is 11.6 Å². The molecule has 0 aliphatic heterocycles. The minimum absolute atomic E-state index is 0.348. The Morgan fingerprint density at radius 1 is 0.588 bits per heavy atom. The van der Waals surface area contributed by atoms with Gasteiger partial charge >= 0.3 is 0 Å². The van der Waals surface area contributed by atoms with E-state index in [0.717, 1.165) is 12.1 Å². The second-order valence-corrected chi connectivity index (χ2v) is 3.92. The first kappa shape index (κ1) is 10.1. The minimum atomic E-state index is -0.894. The van der Waals surface area contributed by atoms with E-state index >= 15 is 0 Å². The SMILES string of the molecule is Fc1ccc2c(ccc3cc(F)c(F)cc32)c1. The molecular formula is C14H7F3. The molecule has 0 atom stereocenters. The van der Waals surface area contributed by atoms with Crippen LogP contribution < -0.4 is 0 Å². The van der Waals surface area contributed by atoms with Gasteiger partial charge in [0.15, 0.2) is 11.6 Å². The van der Waals surface area contributed by atoms with Crippen molar-refractivity contribution >= 4 is 21.5 Å². The molecule has 0 nitrogen and oxygen atoms in total. The molecular weight excluding hydrogens is 225 g/mol. The molecule has 0 saturated carbocycles. The maximum atomic E-state index is 13.2. The molecule has 3 aromatic carbocycles. The van der Waals surface area contributed by atoms with Crippen LogP contribution in [0.1, 0.15) is 0 Å². The molecule has 0 aromatic heterocycles. The fraction of sp³-hybridized carbons (Fsp3) is 0. The fourth-order valence-electron chi connectivity index (χ4n) is 2.03. The van der Waals surface area contributed by atoms with E-state index in [0.29, 0.717) is 21.5 Å². The third-order valence-corrected chi connectivity index (χ3v) is 2.84. The third-order valence-electron chi connectivity index (χ3n) is 2.84. The summed E-state index contributed by atoms with van der Waals surface area (Å²) in [5.74, 6) is -2.12. The number of hydrogen-bond acceptors (Lipinski definition) is 0. The predicted molar refractivity (Wildman–Crippen MR) is 61.3 cm³/mol. The summed E-state index contributed by atoms with van der Waals surface area (Å²) in [6.07, 6.45) is 0. The molecule has 0 bridgehead atoms. The van der Waals surface area contributed by atoms with Gasteiger partial charge in [0.05, 0.1) is 0 Å². The maximum absolute atomic E-state index is 13.2. The number of hydrogen-bond donors (Lipinski definition) is 0. The Bertz CT molecular complexity index is 732. The van der Waals surface area contributed by atoms with Gasteiger partial charge in [0.2, 0.25) is 0 Å². The second-order valence-electron chi connectivity index (χ2n) is 3.92. The van der Waals surface area contributed by atoms with Crippen molar-refractivity contribution in [1.82, 2.24) is 0 Å². The van der Waals surface area contributed by atoms with Gasteiger partial charge in [0.1, 0.15) is 5.82 Å². The highest BCUT2D eigenvalue weighted by Crippen LogP contribution is 2.27. The molecule has 84 valence electrons. The standard InChI is InChI=1S/C14H7F3/c15-10-3-4-11-8(5-10)1-2-9-6-13(16)14(17)7-12(9)11/h1-7H. The molecule has 0 amide bonds. The maximum Gasteiger partial charge on any atom is 0.159 e. The number of benzene rings is 3. The van der Waals surface area contributed by atoms with Gasteiger partial charge in [-0.3, -0.25) is 0 Å². The normalized spacial score (nSPS) is 11.2. The first-order valence-electron chi connectivity index (χ1n) is 5.12. The van der Waals surface area contributed by atoms with Gasteiger partial charge < -0.3 is 0 Å². The summed E-state index contributed by atoms with van der Waals surface area (Å²) in [5.41, 5.74) is 0. The highest BCUT2D eigenvalue weighted by molar-refractivity contribution is 6.07. The van der Waals surface area contributed by atoms with Crippen molar-refractivity contribution in [3.05, 3.63) is 59.9 Å². The Morgan fingerprint density at radius 2 is 1.24 bits per heavy atom. The Hall–Kier alpha value is -2.03. The van der Waals surface area contributed by atoms with Gasteiger partial charge in [-0.25, -0.2) is 13.2 Å². The lowest BCUT2D eigenvalue weighted by atomic mass is 10.0. The van der Waals surface area contributed by atoms with Crippen LogP contribution in [0.5, 0.6) is 0 Å². The van der Waals surface area contributed by atoms with Crippen LogP contribution in [0.4, 0.5) is 13.2 Å². The van der Waals surface area contributed by atoms with Crippen molar-refractivity contribution < 1.29 is 13.2 Å².